The van der Waals surface area contributed by atoms with Crippen LogP contribution >= 0.6 is 0 Å². The van der Waals surface area contributed by atoms with Gasteiger partial charge in [0.2, 0.25) is 28.6 Å². The van der Waals surface area contributed by atoms with Crippen LogP contribution in [0.15, 0.2) is 72.8 Å². The van der Waals surface area contributed by atoms with Crippen molar-refractivity contribution in [2.24, 2.45) is 0 Å². The van der Waals surface area contributed by atoms with Crippen LogP contribution in [0.3, 0.4) is 0 Å². The number of ether oxygens (including phenoxy) is 2. The molecule has 0 saturated carbocycles. The fourth-order valence-corrected chi connectivity index (χ4v) is 5.81. The number of hydrogen-bond acceptors (Lipinski definition) is 6. The Bertz CT molecular complexity index is 1520. The lowest BCUT2D eigenvalue weighted by atomic mass is 10.0. The summed E-state index contributed by atoms with van der Waals surface area (Å²) in [4.78, 5) is 28.9. The zero-order valence-electron chi connectivity index (χ0n) is 24.7. The smallest absolute Gasteiger partial charge is 0.243 e. The van der Waals surface area contributed by atoms with Crippen LogP contribution in [0.5, 0.6) is 11.5 Å². The normalized spacial score (nSPS) is 13.7. The second-order valence-corrected chi connectivity index (χ2v) is 12.5. The summed E-state index contributed by atoms with van der Waals surface area (Å²) < 4.78 is 52.2. The molecule has 0 saturated heterocycles. The zero-order valence-corrected chi connectivity index (χ0v) is 25.5. The Labute approximate surface area is 252 Å². The number of carbonyl (C=O) groups excluding carboxylic acids is 2. The molecule has 0 spiro atoms. The van der Waals surface area contributed by atoms with Gasteiger partial charge in [-0.05, 0) is 43.5 Å². The van der Waals surface area contributed by atoms with Crippen molar-refractivity contribution in [2.75, 3.05) is 23.9 Å². The van der Waals surface area contributed by atoms with Gasteiger partial charge < -0.3 is 19.7 Å². The number of sulfonamides is 1. The van der Waals surface area contributed by atoms with Gasteiger partial charge in [0.15, 0.2) is 11.5 Å². The molecule has 9 nitrogen and oxygen atoms in total. The molecule has 1 aliphatic rings. The number of carbonyl (C=O) groups is 2. The summed E-state index contributed by atoms with van der Waals surface area (Å²) in [5.41, 5.74) is 1.52. The number of nitrogens with one attached hydrogen (secondary N) is 1. The molecule has 3 aromatic rings. The van der Waals surface area contributed by atoms with Crippen LogP contribution in [0.1, 0.15) is 44.2 Å². The van der Waals surface area contributed by atoms with E-state index in [0.717, 1.165) is 11.8 Å². The van der Waals surface area contributed by atoms with E-state index in [0.29, 0.717) is 23.6 Å². The zero-order chi connectivity index (χ0) is 31.0. The van der Waals surface area contributed by atoms with E-state index in [1.807, 2.05) is 44.2 Å². The van der Waals surface area contributed by atoms with Crippen LogP contribution in [0.2, 0.25) is 0 Å². The Balaban J connectivity index is 1.59. The molecule has 0 aromatic heterocycles. The molecule has 3 aromatic carbocycles. The number of rotatable bonds is 14. The van der Waals surface area contributed by atoms with E-state index < -0.39 is 21.9 Å². The highest BCUT2D eigenvalue weighted by molar-refractivity contribution is 7.92. The molecule has 1 aliphatic heterocycles. The minimum atomic E-state index is -3.70. The summed E-state index contributed by atoms with van der Waals surface area (Å²) in [6.45, 7) is 3.79. The van der Waals surface area contributed by atoms with E-state index >= 15 is 0 Å². The number of halogens is 1. The maximum Gasteiger partial charge on any atom is 0.243 e. The maximum atomic E-state index is 14.8. The molecule has 11 heteroatoms. The highest BCUT2D eigenvalue weighted by atomic mass is 32.2. The van der Waals surface area contributed by atoms with E-state index in [4.69, 9.17) is 9.47 Å². The van der Waals surface area contributed by atoms with Crippen LogP contribution in [-0.2, 0) is 32.6 Å². The van der Waals surface area contributed by atoms with Crippen molar-refractivity contribution < 1.29 is 31.9 Å². The summed E-state index contributed by atoms with van der Waals surface area (Å²) in [5, 5.41) is 2.99. The van der Waals surface area contributed by atoms with Crippen LogP contribution < -0.4 is 19.1 Å². The Hall–Kier alpha value is -4.12. The van der Waals surface area contributed by atoms with Gasteiger partial charge in [-0.25, -0.2) is 12.8 Å². The highest BCUT2D eigenvalue weighted by Gasteiger charge is 2.31. The Morgan fingerprint density at radius 2 is 1.70 bits per heavy atom. The first-order valence-corrected chi connectivity index (χ1v) is 16.2. The number of hydrogen-bond donors (Lipinski definition) is 1. The van der Waals surface area contributed by atoms with Crippen molar-refractivity contribution in [3.63, 3.8) is 0 Å². The lowest BCUT2D eigenvalue weighted by Gasteiger charge is -2.33. The van der Waals surface area contributed by atoms with E-state index in [-0.39, 0.29) is 62.6 Å². The molecular weight excluding hydrogens is 573 g/mol. The van der Waals surface area contributed by atoms with E-state index in [9.17, 15) is 22.4 Å². The number of anilines is 1. The predicted octanol–water partition coefficient (Wildman–Crippen LogP) is 4.66. The Kier molecular flexibility index (Phi) is 10.6. The second kappa shape index (κ2) is 14.4. The van der Waals surface area contributed by atoms with E-state index in [1.165, 1.54) is 15.3 Å². The fraction of sp³-hybridized carbons (Fsp3) is 0.375. The third kappa shape index (κ3) is 8.47. The van der Waals surface area contributed by atoms with Crippen molar-refractivity contribution in [1.82, 2.24) is 10.2 Å². The van der Waals surface area contributed by atoms with Crippen molar-refractivity contribution in [3.8, 4) is 11.5 Å². The van der Waals surface area contributed by atoms with Gasteiger partial charge >= 0.3 is 0 Å². The average molecular weight is 612 g/mol. The summed E-state index contributed by atoms with van der Waals surface area (Å²) >= 11 is 0. The topological polar surface area (TPSA) is 105 Å². The van der Waals surface area contributed by atoms with Gasteiger partial charge in [-0.3, -0.25) is 13.9 Å². The minimum absolute atomic E-state index is 0.0141. The molecule has 0 aliphatic carbocycles. The fourth-order valence-electron chi connectivity index (χ4n) is 4.85. The third-order valence-electron chi connectivity index (χ3n) is 7.37. The molecular formula is C32H38FN3O6S. The number of fused-ring (bicyclic) bond motifs is 1. The molecule has 0 fully saturated rings. The molecule has 1 N–H and O–H groups in total. The van der Waals surface area contributed by atoms with E-state index in [1.54, 1.807) is 36.4 Å². The van der Waals surface area contributed by atoms with Crippen LogP contribution in [0.25, 0.3) is 0 Å². The summed E-state index contributed by atoms with van der Waals surface area (Å²) in [6.07, 6.45) is 2.13. The second-order valence-electron chi connectivity index (χ2n) is 10.6. The molecule has 0 bridgehead atoms. The van der Waals surface area contributed by atoms with E-state index in [2.05, 4.69) is 5.32 Å². The Morgan fingerprint density at radius 1 is 1.00 bits per heavy atom. The standard InChI is InChI=1S/C32H38FN3O6S/c1-4-23(2)34-32(38)28(19-24-11-6-5-7-12-24)35(21-25-13-8-9-14-27(25)33)31(37)15-10-18-36(43(3,39)40)26-16-17-29-30(20-26)42-22-41-29/h5-9,11-14,16-17,20,23,28H,4,10,15,18-19,21-22H2,1-3H3,(H,34,38)/t23-,28+/m1/s1. The van der Waals surface area contributed by atoms with Crippen LogP contribution in [0, 0.1) is 5.82 Å². The lowest BCUT2D eigenvalue weighted by Crippen LogP contribution is -2.52. The lowest BCUT2D eigenvalue weighted by molar-refractivity contribution is -0.141. The molecule has 4 rings (SSSR count). The SMILES string of the molecule is CC[C@@H](C)NC(=O)[C@H](Cc1ccccc1)N(Cc1ccccc1F)C(=O)CCCN(c1ccc2c(c1)OCO2)S(C)(=O)=O. The van der Waals surface area contributed by atoms with Gasteiger partial charge in [-0.15, -0.1) is 0 Å². The first-order valence-electron chi connectivity index (χ1n) is 14.3. The van der Waals surface area contributed by atoms with Gasteiger partial charge in [-0.1, -0.05) is 55.5 Å². The number of nitrogens with zero attached hydrogens (tertiary/aromatic N) is 2. The maximum absolute atomic E-state index is 14.8. The summed E-state index contributed by atoms with van der Waals surface area (Å²) in [6, 6.07) is 19.3. The first kappa shape index (κ1) is 31.8. The van der Waals surface area contributed by atoms with Crippen molar-refractivity contribution in [2.45, 2.75) is 58.2 Å². The van der Waals surface area contributed by atoms with Crippen molar-refractivity contribution >= 4 is 27.5 Å². The van der Waals surface area contributed by atoms with Gasteiger partial charge in [0.05, 0.1) is 11.9 Å². The molecule has 2 amide bonds. The number of amides is 2. The van der Waals surface area contributed by atoms with Gasteiger partial charge in [0, 0.05) is 43.6 Å². The predicted molar refractivity (Wildman–Crippen MR) is 163 cm³/mol. The quantitative estimate of drug-likeness (QED) is 0.285. The van der Waals surface area contributed by atoms with Crippen molar-refractivity contribution in [3.05, 3.63) is 89.7 Å². The van der Waals surface area contributed by atoms with Crippen LogP contribution in [-0.4, -0.2) is 56.8 Å². The molecule has 230 valence electrons. The number of benzene rings is 3. The average Bonchev–Trinajstić information content (AvgIpc) is 3.45. The molecule has 2 atom stereocenters. The molecule has 43 heavy (non-hydrogen) atoms. The summed E-state index contributed by atoms with van der Waals surface area (Å²) in [7, 11) is -3.70. The summed E-state index contributed by atoms with van der Waals surface area (Å²) in [5.74, 6) is -0.235. The van der Waals surface area contributed by atoms with Gasteiger partial charge in [0.1, 0.15) is 11.9 Å². The van der Waals surface area contributed by atoms with Gasteiger partial charge in [-0.2, -0.15) is 0 Å². The monoisotopic (exact) mass is 611 g/mol. The van der Waals surface area contributed by atoms with Crippen LogP contribution in [0.4, 0.5) is 10.1 Å². The molecule has 0 unspecified atom stereocenters. The minimum Gasteiger partial charge on any atom is -0.454 e. The Morgan fingerprint density at radius 3 is 2.40 bits per heavy atom. The molecule has 1 heterocycles. The largest absolute Gasteiger partial charge is 0.454 e. The van der Waals surface area contributed by atoms with Gasteiger partial charge in [0.25, 0.3) is 0 Å². The highest BCUT2D eigenvalue weighted by Crippen LogP contribution is 2.36. The third-order valence-corrected chi connectivity index (χ3v) is 8.56. The first-order chi connectivity index (χ1) is 20.6. The van der Waals surface area contributed by atoms with Crippen molar-refractivity contribution in [1.29, 1.82) is 0 Å². The molecule has 0 radical (unpaired) electrons.